The van der Waals surface area contributed by atoms with Crippen molar-refractivity contribution in [3.8, 4) is 6.07 Å². The molecule has 1 aliphatic heterocycles. The monoisotopic (exact) mass is 393 g/mol. The summed E-state index contributed by atoms with van der Waals surface area (Å²) in [6.45, 7) is 4.81. The summed E-state index contributed by atoms with van der Waals surface area (Å²) >= 11 is 5.94. The lowest BCUT2D eigenvalue weighted by molar-refractivity contribution is -0.384. The number of halogens is 1. The van der Waals surface area contributed by atoms with E-state index in [1.165, 1.54) is 18.3 Å². The molecule has 27 heavy (non-hydrogen) atoms. The minimum absolute atomic E-state index is 0.0735. The molecule has 0 unspecified atom stereocenters. The number of nitro benzene ring substituents is 1. The Morgan fingerprint density at radius 2 is 2.19 bits per heavy atom. The molecule has 1 aromatic carbocycles. The van der Waals surface area contributed by atoms with Crippen LogP contribution in [0.15, 0.2) is 30.0 Å². The zero-order valence-corrected chi connectivity index (χ0v) is 15.4. The summed E-state index contributed by atoms with van der Waals surface area (Å²) in [6.07, 6.45) is 2.19. The first-order valence-corrected chi connectivity index (χ1v) is 8.78. The molecule has 1 aromatic rings. The molecule has 1 amide bonds. The number of nitro groups is 1. The van der Waals surface area contributed by atoms with Crippen molar-refractivity contribution in [2.45, 2.75) is 6.42 Å². The summed E-state index contributed by atoms with van der Waals surface area (Å²) in [5, 5.41) is 25.5. The summed E-state index contributed by atoms with van der Waals surface area (Å²) in [5.74, 6) is -0.694. The van der Waals surface area contributed by atoms with Crippen molar-refractivity contribution in [2.24, 2.45) is 0 Å². The van der Waals surface area contributed by atoms with E-state index in [1.54, 1.807) is 6.07 Å². The quantitative estimate of drug-likeness (QED) is 0.227. The Kier molecular flexibility index (Phi) is 8.00. The standard InChI is InChI=1S/C17H20ClN5O4/c18-15-3-2-14(23(25)26)10-16(15)21-17(24)13(11-19)12-20-4-1-5-22-6-8-27-9-7-22/h2-3,10,12,20H,1,4-9H2,(H,21,24)/b13-12-. The van der Waals surface area contributed by atoms with Crippen LogP contribution in [0.5, 0.6) is 0 Å². The second-order valence-electron chi connectivity index (χ2n) is 5.81. The molecule has 1 fully saturated rings. The minimum atomic E-state index is -0.694. The van der Waals surface area contributed by atoms with Gasteiger partial charge in [-0.1, -0.05) is 11.6 Å². The van der Waals surface area contributed by atoms with E-state index in [-0.39, 0.29) is 22.0 Å². The molecule has 1 aliphatic rings. The van der Waals surface area contributed by atoms with Crippen molar-refractivity contribution >= 4 is 28.9 Å². The van der Waals surface area contributed by atoms with E-state index in [4.69, 9.17) is 21.6 Å². The van der Waals surface area contributed by atoms with Gasteiger partial charge in [0, 0.05) is 38.0 Å². The second kappa shape index (κ2) is 10.5. The second-order valence-corrected chi connectivity index (χ2v) is 6.21. The number of hydrogen-bond donors (Lipinski definition) is 2. The van der Waals surface area contributed by atoms with Crippen LogP contribution in [0.2, 0.25) is 5.02 Å². The van der Waals surface area contributed by atoms with E-state index in [9.17, 15) is 14.9 Å². The van der Waals surface area contributed by atoms with Gasteiger partial charge in [0.2, 0.25) is 0 Å². The number of ether oxygens (including phenoxy) is 1. The highest BCUT2D eigenvalue weighted by atomic mass is 35.5. The third-order valence-corrected chi connectivity index (χ3v) is 4.25. The SMILES string of the molecule is N#C/C(=C/NCCCN1CCOCC1)C(=O)Nc1cc([N+](=O)[O-])ccc1Cl. The number of nitrogens with zero attached hydrogens (tertiary/aromatic N) is 3. The van der Waals surface area contributed by atoms with Crippen molar-refractivity contribution in [2.75, 3.05) is 44.7 Å². The summed E-state index contributed by atoms with van der Waals surface area (Å²) in [7, 11) is 0. The first-order valence-electron chi connectivity index (χ1n) is 8.40. The smallest absolute Gasteiger partial charge is 0.271 e. The van der Waals surface area contributed by atoms with Crippen LogP contribution in [-0.4, -0.2) is 55.1 Å². The van der Waals surface area contributed by atoms with Crippen LogP contribution in [0.1, 0.15) is 6.42 Å². The number of carbonyl (C=O) groups excluding carboxylic acids is 1. The van der Waals surface area contributed by atoms with Gasteiger partial charge in [0.15, 0.2) is 0 Å². The number of amides is 1. The molecule has 2 N–H and O–H groups in total. The lowest BCUT2D eigenvalue weighted by Gasteiger charge is -2.26. The number of nitrogens with one attached hydrogen (secondary N) is 2. The van der Waals surface area contributed by atoms with Crippen molar-refractivity contribution in [3.63, 3.8) is 0 Å². The molecular formula is C17H20ClN5O4. The third kappa shape index (κ3) is 6.53. The van der Waals surface area contributed by atoms with Crippen LogP contribution in [0.4, 0.5) is 11.4 Å². The molecule has 0 bridgehead atoms. The van der Waals surface area contributed by atoms with E-state index >= 15 is 0 Å². The average molecular weight is 394 g/mol. The van der Waals surface area contributed by atoms with Gasteiger partial charge in [-0.25, -0.2) is 0 Å². The number of rotatable bonds is 8. The van der Waals surface area contributed by atoms with E-state index in [1.807, 2.05) is 0 Å². The highest BCUT2D eigenvalue weighted by Gasteiger charge is 2.15. The Morgan fingerprint density at radius 3 is 2.85 bits per heavy atom. The topological polar surface area (TPSA) is 121 Å². The normalized spacial score (nSPS) is 15.0. The molecule has 10 heteroatoms. The fourth-order valence-corrected chi connectivity index (χ4v) is 2.63. The van der Waals surface area contributed by atoms with Gasteiger partial charge in [0.1, 0.15) is 11.6 Å². The predicted molar refractivity (Wildman–Crippen MR) is 100 cm³/mol. The average Bonchev–Trinajstić information content (AvgIpc) is 2.67. The van der Waals surface area contributed by atoms with Crippen molar-refractivity contribution in [1.82, 2.24) is 10.2 Å². The Hall–Kier alpha value is -2.67. The molecule has 0 saturated carbocycles. The molecule has 0 radical (unpaired) electrons. The first-order chi connectivity index (χ1) is 13.0. The predicted octanol–water partition coefficient (Wildman–Crippen LogP) is 1.91. The molecule has 1 saturated heterocycles. The molecule has 9 nitrogen and oxygen atoms in total. The molecule has 0 spiro atoms. The number of anilines is 1. The van der Waals surface area contributed by atoms with E-state index in [2.05, 4.69) is 15.5 Å². The molecule has 144 valence electrons. The van der Waals surface area contributed by atoms with Crippen molar-refractivity contribution in [3.05, 3.63) is 45.1 Å². The Labute approximate surface area is 161 Å². The third-order valence-electron chi connectivity index (χ3n) is 3.92. The van der Waals surface area contributed by atoms with Gasteiger partial charge >= 0.3 is 0 Å². The highest BCUT2D eigenvalue weighted by molar-refractivity contribution is 6.34. The number of benzene rings is 1. The Balaban J connectivity index is 1.85. The van der Waals surface area contributed by atoms with Crippen LogP contribution in [0.3, 0.4) is 0 Å². The first kappa shape index (κ1) is 20.6. The Morgan fingerprint density at radius 1 is 1.44 bits per heavy atom. The van der Waals surface area contributed by atoms with Crippen LogP contribution < -0.4 is 10.6 Å². The molecule has 2 rings (SSSR count). The zero-order chi connectivity index (χ0) is 19.6. The van der Waals surface area contributed by atoms with Gasteiger partial charge in [-0.05, 0) is 19.0 Å². The Bertz CT molecular complexity index is 756. The maximum atomic E-state index is 12.2. The molecule has 0 atom stereocenters. The van der Waals surface area contributed by atoms with Gasteiger partial charge in [0.05, 0.1) is 28.8 Å². The van der Waals surface area contributed by atoms with Gasteiger partial charge < -0.3 is 15.4 Å². The number of non-ortho nitro benzene ring substituents is 1. The van der Waals surface area contributed by atoms with Crippen LogP contribution >= 0.6 is 11.6 Å². The molecule has 0 aromatic heterocycles. The van der Waals surface area contributed by atoms with Gasteiger partial charge in [0.25, 0.3) is 11.6 Å². The van der Waals surface area contributed by atoms with Gasteiger partial charge in [-0.2, -0.15) is 5.26 Å². The van der Waals surface area contributed by atoms with Gasteiger partial charge in [-0.15, -0.1) is 0 Å². The van der Waals surface area contributed by atoms with Crippen LogP contribution in [0, 0.1) is 21.4 Å². The van der Waals surface area contributed by atoms with E-state index < -0.39 is 10.8 Å². The van der Waals surface area contributed by atoms with E-state index in [0.717, 1.165) is 45.3 Å². The zero-order valence-electron chi connectivity index (χ0n) is 14.6. The summed E-state index contributed by atoms with van der Waals surface area (Å²) in [6, 6.07) is 5.49. The number of carbonyl (C=O) groups is 1. The maximum absolute atomic E-state index is 12.2. The molecule has 1 heterocycles. The lowest BCUT2D eigenvalue weighted by Crippen LogP contribution is -2.37. The number of hydrogen-bond acceptors (Lipinski definition) is 7. The maximum Gasteiger partial charge on any atom is 0.271 e. The minimum Gasteiger partial charge on any atom is -0.390 e. The van der Waals surface area contributed by atoms with Gasteiger partial charge in [-0.3, -0.25) is 19.8 Å². The summed E-state index contributed by atoms with van der Waals surface area (Å²) in [4.78, 5) is 24.7. The largest absolute Gasteiger partial charge is 0.390 e. The molecule has 0 aliphatic carbocycles. The van der Waals surface area contributed by atoms with Crippen molar-refractivity contribution in [1.29, 1.82) is 5.26 Å². The lowest BCUT2D eigenvalue weighted by atomic mass is 10.2. The fourth-order valence-electron chi connectivity index (χ4n) is 2.46. The highest BCUT2D eigenvalue weighted by Crippen LogP contribution is 2.26. The van der Waals surface area contributed by atoms with Crippen LogP contribution in [-0.2, 0) is 9.53 Å². The fraction of sp³-hybridized carbons (Fsp3) is 0.412. The molecular weight excluding hydrogens is 374 g/mol. The van der Waals surface area contributed by atoms with E-state index in [0.29, 0.717) is 6.54 Å². The van der Waals surface area contributed by atoms with Crippen molar-refractivity contribution < 1.29 is 14.5 Å². The number of nitriles is 1. The summed E-state index contributed by atoms with van der Waals surface area (Å²) in [5.41, 5.74) is -0.285. The van der Waals surface area contributed by atoms with Crippen LogP contribution in [0.25, 0.3) is 0 Å². The number of morpholine rings is 1. The summed E-state index contributed by atoms with van der Waals surface area (Å²) < 4.78 is 5.28.